The molecule has 2 rings (SSSR count). The number of alkyl halides is 1. The number of likely N-dealkylation sites (tertiary alicyclic amines) is 1. The number of aliphatic hydroxyl groups is 1. The summed E-state index contributed by atoms with van der Waals surface area (Å²) in [5.41, 5.74) is -3.10. The molecule has 1 heterocycles. The number of halogens is 1. The molecule has 0 radical (unpaired) electrons. The van der Waals surface area contributed by atoms with Gasteiger partial charge in [0.15, 0.2) is 10.8 Å². The van der Waals surface area contributed by atoms with Crippen LogP contribution in [0, 0.1) is 21.4 Å². The number of ether oxygens (including phenoxy) is 1. The molecule has 10 nitrogen and oxygen atoms in total. The smallest absolute Gasteiger partial charge is 0.357 e. The van der Waals surface area contributed by atoms with Gasteiger partial charge in [0.05, 0.1) is 23.0 Å². The molecule has 2 N–H and O–H groups in total. The number of amides is 1. The number of nitro benzene ring substituents is 1. The van der Waals surface area contributed by atoms with Gasteiger partial charge in [-0.3, -0.25) is 24.6 Å². The van der Waals surface area contributed by atoms with Crippen LogP contribution in [-0.2, 0) is 14.4 Å². The molecule has 1 aliphatic heterocycles. The van der Waals surface area contributed by atoms with E-state index in [4.69, 9.17) is 16.3 Å². The summed E-state index contributed by atoms with van der Waals surface area (Å²) >= 11 is 6.60. The Balaban J connectivity index is 2.57. The van der Waals surface area contributed by atoms with Crippen LogP contribution in [0.15, 0.2) is 35.1 Å². The number of thioether (sulfide) groups is 1. The van der Waals surface area contributed by atoms with Gasteiger partial charge in [-0.05, 0) is 24.8 Å². The Labute approximate surface area is 187 Å². The van der Waals surface area contributed by atoms with Gasteiger partial charge in [0.1, 0.15) is 11.3 Å². The molecular weight excluding hydrogens is 452 g/mol. The minimum absolute atomic E-state index is 0.108. The van der Waals surface area contributed by atoms with E-state index in [0.717, 1.165) is 11.0 Å². The predicted octanol–water partition coefficient (Wildman–Crippen LogP) is 2.94. The third-order valence-corrected chi connectivity index (χ3v) is 5.99. The zero-order valence-corrected chi connectivity index (χ0v) is 18.6. The number of carbonyl (C=O) groups excluding carboxylic acids is 2. The van der Waals surface area contributed by atoms with Gasteiger partial charge in [0.25, 0.3) is 5.69 Å². The Morgan fingerprint density at radius 1 is 1.35 bits per heavy atom. The topological polar surface area (TPSA) is 147 Å². The number of nitrogens with zero attached hydrogens (tertiary/aromatic N) is 2. The summed E-state index contributed by atoms with van der Waals surface area (Å²) in [6.45, 7) is 6.17. The van der Waals surface area contributed by atoms with E-state index in [1.165, 1.54) is 25.1 Å². The first-order chi connectivity index (χ1) is 14.3. The molecular formula is C19H21ClN2O8S. The van der Waals surface area contributed by atoms with Crippen molar-refractivity contribution in [2.45, 2.75) is 39.3 Å². The lowest BCUT2D eigenvalue weighted by atomic mass is 9.92. The van der Waals surface area contributed by atoms with Crippen LogP contribution in [0.25, 0.3) is 0 Å². The Bertz CT molecular complexity index is 956. The quantitative estimate of drug-likeness (QED) is 0.116. The predicted molar refractivity (Wildman–Crippen MR) is 112 cm³/mol. The summed E-state index contributed by atoms with van der Waals surface area (Å²) in [5.74, 6) is -3.49. The number of non-ortho nitro benzene ring substituents is 1. The van der Waals surface area contributed by atoms with Crippen molar-refractivity contribution >= 4 is 46.0 Å². The first kappa shape index (κ1) is 24.6. The van der Waals surface area contributed by atoms with Gasteiger partial charge in [-0.25, -0.2) is 4.79 Å². The molecule has 1 amide bonds. The Kier molecular flexibility index (Phi) is 7.35. The van der Waals surface area contributed by atoms with Gasteiger partial charge < -0.3 is 14.9 Å². The normalized spacial score (nSPS) is 20.5. The summed E-state index contributed by atoms with van der Waals surface area (Å²) in [6.07, 6.45) is -1.12. The van der Waals surface area contributed by atoms with E-state index >= 15 is 0 Å². The maximum absolute atomic E-state index is 12.6. The van der Waals surface area contributed by atoms with Crippen LogP contribution in [0.2, 0.25) is 0 Å². The zero-order valence-electron chi connectivity index (χ0n) is 17.1. The van der Waals surface area contributed by atoms with Crippen molar-refractivity contribution < 1.29 is 34.3 Å². The van der Waals surface area contributed by atoms with Gasteiger partial charge in [0.2, 0.25) is 11.0 Å². The second kappa shape index (κ2) is 9.25. The van der Waals surface area contributed by atoms with E-state index in [9.17, 15) is 34.7 Å². The van der Waals surface area contributed by atoms with Crippen molar-refractivity contribution in [1.82, 2.24) is 4.90 Å². The highest BCUT2D eigenvalue weighted by atomic mass is 35.5. The van der Waals surface area contributed by atoms with E-state index in [1.807, 2.05) is 0 Å². The van der Waals surface area contributed by atoms with Crippen molar-refractivity contribution in [3.05, 3.63) is 45.2 Å². The minimum atomic E-state index is -1.60. The van der Waals surface area contributed by atoms with Crippen molar-refractivity contribution in [2.75, 3.05) is 0 Å². The number of hydrogen-bond acceptors (Lipinski definition) is 8. The molecule has 1 fully saturated rings. The fraction of sp³-hybridized carbons (Fsp3) is 0.421. The molecule has 0 spiro atoms. The number of β-lactam (4-membered cyclic amide) rings is 1. The van der Waals surface area contributed by atoms with E-state index in [1.54, 1.807) is 20.8 Å². The molecule has 31 heavy (non-hydrogen) atoms. The Morgan fingerprint density at radius 2 is 1.97 bits per heavy atom. The van der Waals surface area contributed by atoms with E-state index in [2.05, 4.69) is 0 Å². The Hall–Kier alpha value is -2.63. The molecule has 1 aromatic rings. The summed E-state index contributed by atoms with van der Waals surface area (Å²) < 4.78 is 5.57. The molecule has 1 saturated heterocycles. The molecule has 12 heteroatoms. The second-order valence-corrected chi connectivity index (χ2v) is 9.18. The Morgan fingerprint density at radius 3 is 2.42 bits per heavy atom. The van der Waals surface area contributed by atoms with Crippen molar-refractivity contribution in [3.8, 4) is 5.75 Å². The number of benzene rings is 1. The first-order valence-corrected chi connectivity index (χ1v) is 10.3. The lowest BCUT2D eigenvalue weighted by Gasteiger charge is -2.44. The van der Waals surface area contributed by atoms with Gasteiger partial charge in [0, 0.05) is 11.5 Å². The number of hydrogen-bond donors (Lipinski definition) is 2. The highest BCUT2D eigenvalue weighted by Gasteiger charge is 2.53. The van der Waals surface area contributed by atoms with Gasteiger partial charge in [-0.15, -0.1) is 0 Å². The maximum atomic E-state index is 12.6. The maximum Gasteiger partial charge on any atom is 0.357 e. The molecule has 0 saturated carbocycles. The zero-order chi connectivity index (χ0) is 23.7. The third-order valence-electron chi connectivity index (χ3n) is 4.26. The van der Waals surface area contributed by atoms with Crippen LogP contribution in [-0.4, -0.2) is 48.6 Å². The average molecular weight is 473 g/mol. The third kappa shape index (κ3) is 5.35. The first-order valence-electron chi connectivity index (χ1n) is 9.03. The van der Waals surface area contributed by atoms with Gasteiger partial charge in [-0.1, -0.05) is 38.4 Å². The molecule has 0 unspecified atom stereocenters. The highest BCUT2D eigenvalue weighted by Crippen LogP contribution is 2.40. The summed E-state index contributed by atoms with van der Waals surface area (Å²) in [4.78, 5) is 48.2. The van der Waals surface area contributed by atoms with E-state index < -0.39 is 55.6 Å². The number of carboxylic acids is 1. The number of rotatable bonds is 7. The van der Waals surface area contributed by atoms with Crippen molar-refractivity contribution in [3.63, 3.8) is 0 Å². The van der Waals surface area contributed by atoms with Crippen LogP contribution in [0.1, 0.15) is 27.7 Å². The van der Waals surface area contributed by atoms with Crippen LogP contribution in [0.3, 0.4) is 0 Å². The van der Waals surface area contributed by atoms with Crippen LogP contribution in [0.4, 0.5) is 5.69 Å². The van der Waals surface area contributed by atoms with E-state index in [0.29, 0.717) is 11.8 Å². The number of carboxylic acid groups (broad SMARTS) is 1. The molecule has 0 aliphatic carbocycles. The van der Waals surface area contributed by atoms with Crippen LogP contribution >= 0.6 is 23.4 Å². The number of carbonyl (C=O) groups is 3. The molecule has 3 atom stereocenters. The standard InChI is InChI=1S/C19H21ClN2O8S/c1-9(23)12-14(20)21(15(12)24)13(16(25)26)17(31-18(27)19(2,3)4)30-11-7-5-6-10(8-11)22(28)29/h5-9,12,14,23H,1-4H3,(H,25,26)/t9-,12-,14-/m1/s1. The molecule has 0 aromatic heterocycles. The molecule has 168 valence electrons. The molecule has 0 bridgehead atoms. The fourth-order valence-corrected chi connectivity index (χ4v) is 3.97. The monoisotopic (exact) mass is 472 g/mol. The summed E-state index contributed by atoms with van der Waals surface area (Å²) in [6, 6.07) is 4.92. The largest absolute Gasteiger partial charge is 0.476 e. The highest BCUT2D eigenvalue weighted by molar-refractivity contribution is 8.16. The number of aliphatic hydroxyl groups excluding tert-OH is 1. The van der Waals surface area contributed by atoms with E-state index in [-0.39, 0.29) is 11.4 Å². The summed E-state index contributed by atoms with van der Waals surface area (Å²) in [7, 11) is 0. The fourth-order valence-electron chi connectivity index (χ4n) is 2.56. The van der Waals surface area contributed by atoms with Crippen molar-refractivity contribution in [2.24, 2.45) is 11.3 Å². The van der Waals surface area contributed by atoms with Gasteiger partial charge >= 0.3 is 5.97 Å². The lowest BCUT2D eigenvalue weighted by molar-refractivity contribution is -0.384. The lowest BCUT2D eigenvalue weighted by Crippen LogP contribution is -2.62. The van der Waals surface area contributed by atoms with Crippen LogP contribution in [0.5, 0.6) is 5.75 Å². The van der Waals surface area contributed by atoms with Crippen molar-refractivity contribution in [1.29, 1.82) is 0 Å². The minimum Gasteiger partial charge on any atom is -0.476 e. The van der Waals surface area contributed by atoms with Gasteiger partial charge in [-0.2, -0.15) is 0 Å². The average Bonchev–Trinajstić information content (AvgIpc) is 2.64. The molecule has 1 aromatic carbocycles. The number of aliphatic carboxylic acids is 1. The summed E-state index contributed by atoms with van der Waals surface area (Å²) in [5, 5.41) is 29.6. The number of nitro groups is 1. The second-order valence-electron chi connectivity index (χ2n) is 7.78. The molecule has 1 aliphatic rings. The SMILES string of the molecule is C[C@@H](O)[C@H]1C(=O)N(C(C(=O)O)=C(Oc2cccc([N+](=O)[O-])c2)SC(=O)C(C)(C)C)[C@H]1Cl. The van der Waals surface area contributed by atoms with Crippen LogP contribution < -0.4 is 4.74 Å².